The van der Waals surface area contributed by atoms with Gasteiger partial charge in [0, 0.05) is 34.1 Å². The lowest BCUT2D eigenvalue weighted by atomic mass is 9.92. The van der Waals surface area contributed by atoms with Gasteiger partial charge in [0.25, 0.3) is 0 Å². The summed E-state index contributed by atoms with van der Waals surface area (Å²) in [5.74, 6) is -0.0824. The summed E-state index contributed by atoms with van der Waals surface area (Å²) in [7, 11) is 0. The fourth-order valence-electron chi connectivity index (χ4n) is 3.82. The number of ether oxygens (including phenoxy) is 1. The standard InChI is InChI=1S/C22H24Cl2FN5O2/c1-13(19-16(23)2-3-17(25)20(19)24)32-18-8-14(9-28-21(18)26)15-10-29-30(11-15)12-22(31)4-6-27-7-5-22/h2-3,8-11,13,27,31H,4-7,12H2,1H3,(H2,26,28). The third kappa shape index (κ3) is 4.83. The summed E-state index contributed by atoms with van der Waals surface area (Å²) in [6.45, 7) is 3.68. The van der Waals surface area contributed by atoms with Gasteiger partial charge in [0.05, 0.1) is 23.4 Å². The van der Waals surface area contributed by atoms with Crippen LogP contribution in [0.5, 0.6) is 5.75 Å². The molecule has 32 heavy (non-hydrogen) atoms. The highest BCUT2D eigenvalue weighted by molar-refractivity contribution is 6.36. The van der Waals surface area contributed by atoms with Crippen molar-refractivity contribution in [1.29, 1.82) is 0 Å². The molecule has 7 nitrogen and oxygen atoms in total. The number of nitrogens with zero attached hydrogens (tertiary/aromatic N) is 3. The van der Waals surface area contributed by atoms with Crippen LogP contribution in [0.3, 0.4) is 0 Å². The van der Waals surface area contributed by atoms with E-state index in [1.807, 2.05) is 6.20 Å². The van der Waals surface area contributed by atoms with E-state index < -0.39 is 17.5 Å². The van der Waals surface area contributed by atoms with Gasteiger partial charge < -0.3 is 20.9 Å². The highest BCUT2D eigenvalue weighted by Crippen LogP contribution is 2.37. The third-order valence-electron chi connectivity index (χ3n) is 5.63. The van der Waals surface area contributed by atoms with E-state index in [0.29, 0.717) is 35.7 Å². The smallest absolute Gasteiger partial charge is 0.166 e. The van der Waals surface area contributed by atoms with Crippen LogP contribution in [0.4, 0.5) is 10.2 Å². The molecule has 0 saturated carbocycles. The number of pyridine rings is 1. The first-order valence-electron chi connectivity index (χ1n) is 10.3. The Hall–Kier alpha value is -2.39. The molecule has 1 aliphatic heterocycles. The first-order valence-corrected chi connectivity index (χ1v) is 11.0. The lowest BCUT2D eigenvalue weighted by Crippen LogP contribution is -2.44. The molecule has 3 heterocycles. The van der Waals surface area contributed by atoms with E-state index in [2.05, 4.69) is 15.4 Å². The molecule has 10 heteroatoms. The SMILES string of the molecule is CC(Oc1cc(-c2cnn(CC3(O)CCNCC3)c2)cnc1N)c1c(Cl)ccc(F)c1Cl. The molecule has 2 aromatic heterocycles. The molecule has 1 saturated heterocycles. The molecule has 1 unspecified atom stereocenters. The summed E-state index contributed by atoms with van der Waals surface area (Å²) in [5.41, 5.74) is 7.11. The van der Waals surface area contributed by atoms with E-state index in [4.69, 9.17) is 33.7 Å². The fraction of sp³-hybridized carbons (Fsp3) is 0.364. The monoisotopic (exact) mass is 479 g/mol. The minimum atomic E-state index is -0.777. The number of aromatic nitrogens is 3. The number of piperidine rings is 1. The van der Waals surface area contributed by atoms with Crippen LogP contribution in [0.15, 0.2) is 36.8 Å². The van der Waals surface area contributed by atoms with Gasteiger partial charge in [-0.3, -0.25) is 4.68 Å². The Morgan fingerprint density at radius 1 is 1.28 bits per heavy atom. The molecular formula is C22H24Cl2FN5O2. The Morgan fingerprint density at radius 3 is 2.78 bits per heavy atom. The van der Waals surface area contributed by atoms with Gasteiger partial charge >= 0.3 is 0 Å². The predicted octanol–water partition coefficient (Wildman–Crippen LogP) is 4.23. The van der Waals surface area contributed by atoms with Gasteiger partial charge in [0.2, 0.25) is 0 Å². The summed E-state index contributed by atoms with van der Waals surface area (Å²) >= 11 is 12.3. The van der Waals surface area contributed by atoms with E-state index >= 15 is 0 Å². The van der Waals surface area contributed by atoms with Crippen LogP contribution in [0.2, 0.25) is 10.0 Å². The number of hydrogen-bond donors (Lipinski definition) is 3. The summed E-state index contributed by atoms with van der Waals surface area (Å²) in [5, 5.41) is 18.6. The zero-order valence-corrected chi connectivity index (χ0v) is 19.0. The van der Waals surface area contributed by atoms with Crippen LogP contribution in [-0.2, 0) is 6.54 Å². The average Bonchev–Trinajstić information content (AvgIpc) is 3.21. The van der Waals surface area contributed by atoms with Crippen molar-refractivity contribution in [2.24, 2.45) is 0 Å². The molecule has 0 spiro atoms. The van der Waals surface area contributed by atoms with Crippen molar-refractivity contribution in [2.45, 2.75) is 38.0 Å². The molecule has 1 fully saturated rings. The predicted molar refractivity (Wildman–Crippen MR) is 122 cm³/mol. The van der Waals surface area contributed by atoms with Gasteiger partial charge in [0.1, 0.15) is 11.9 Å². The largest absolute Gasteiger partial charge is 0.482 e. The molecule has 0 radical (unpaired) electrons. The summed E-state index contributed by atoms with van der Waals surface area (Å²) in [6, 6.07) is 4.37. The van der Waals surface area contributed by atoms with E-state index in [-0.39, 0.29) is 10.8 Å². The number of rotatable bonds is 6. The highest BCUT2D eigenvalue weighted by atomic mass is 35.5. The Kier molecular flexibility index (Phi) is 6.57. The van der Waals surface area contributed by atoms with Gasteiger partial charge in [-0.25, -0.2) is 9.37 Å². The molecule has 0 aliphatic carbocycles. The number of anilines is 1. The van der Waals surface area contributed by atoms with Gasteiger partial charge in [-0.2, -0.15) is 5.10 Å². The number of nitrogens with two attached hydrogens (primary N) is 1. The molecule has 3 aromatic rings. The topological polar surface area (TPSA) is 98.2 Å². The van der Waals surface area contributed by atoms with Crippen LogP contribution in [0, 0.1) is 5.82 Å². The van der Waals surface area contributed by atoms with Crippen LogP contribution in [0.25, 0.3) is 11.1 Å². The van der Waals surface area contributed by atoms with Gasteiger partial charge in [-0.15, -0.1) is 0 Å². The van der Waals surface area contributed by atoms with Gasteiger partial charge in [-0.05, 0) is 51.1 Å². The highest BCUT2D eigenvalue weighted by Gasteiger charge is 2.30. The summed E-state index contributed by atoms with van der Waals surface area (Å²) < 4.78 is 21.6. The molecule has 0 amide bonds. The van der Waals surface area contributed by atoms with Crippen molar-refractivity contribution in [1.82, 2.24) is 20.1 Å². The van der Waals surface area contributed by atoms with E-state index in [1.165, 1.54) is 12.1 Å². The Labute approximate surface area is 195 Å². The number of benzene rings is 1. The van der Waals surface area contributed by atoms with Crippen molar-refractivity contribution in [3.63, 3.8) is 0 Å². The van der Waals surface area contributed by atoms with Crippen molar-refractivity contribution >= 4 is 29.0 Å². The lowest BCUT2D eigenvalue weighted by Gasteiger charge is -2.32. The van der Waals surface area contributed by atoms with Crippen molar-refractivity contribution in [3.8, 4) is 16.9 Å². The quantitative estimate of drug-likeness (QED) is 0.457. The average molecular weight is 480 g/mol. The third-order valence-corrected chi connectivity index (χ3v) is 6.34. The van der Waals surface area contributed by atoms with Crippen molar-refractivity contribution in [3.05, 3.63) is 58.2 Å². The van der Waals surface area contributed by atoms with Crippen molar-refractivity contribution in [2.75, 3.05) is 18.8 Å². The molecule has 0 bridgehead atoms. The van der Waals surface area contributed by atoms with E-state index in [9.17, 15) is 9.50 Å². The molecule has 4 rings (SSSR count). The number of aliphatic hydroxyl groups is 1. The van der Waals surface area contributed by atoms with Gasteiger partial charge in [-0.1, -0.05) is 23.2 Å². The fourth-order valence-corrected chi connectivity index (χ4v) is 4.50. The van der Waals surface area contributed by atoms with Crippen LogP contribution < -0.4 is 15.8 Å². The second-order valence-corrected chi connectivity index (χ2v) is 8.81. The van der Waals surface area contributed by atoms with E-state index in [0.717, 1.165) is 24.2 Å². The van der Waals surface area contributed by atoms with Crippen LogP contribution in [-0.4, -0.2) is 38.6 Å². The molecule has 1 aliphatic rings. The molecule has 170 valence electrons. The molecule has 1 aromatic carbocycles. The zero-order valence-electron chi connectivity index (χ0n) is 17.5. The van der Waals surface area contributed by atoms with Crippen LogP contribution in [0.1, 0.15) is 31.4 Å². The zero-order chi connectivity index (χ0) is 22.9. The number of halogens is 3. The Balaban J connectivity index is 1.55. The summed E-state index contributed by atoms with van der Waals surface area (Å²) in [6.07, 6.45) is 5.85. The lowest BCUT2D eigenvalue weighted by molar-refractivity contribution is -0.00821. The minimum Gasteiger partial charge on any atom is -0.482 e. The van der Waals surface area contributed by atoms with E-state index in [1.54, 1.807) is 30.1 Å². The number of nitrogen functional groups attached to an aromatic ring is 1. The molecule has 1 atom stereocenters. The normalized spacial score (nSPS) is 16.7. The van der Waals surface area contributed by atoms with Crippen LogP contribution >= 0.6 is 23.2 Å². The molecular weight excluding hydrogens is 456 g/mol. The summed E-state index contributed by atoms with van der Waals surface area (Å²) in [4.78, 5) is 4.22. The first-order chi connectivity index (χ1) is 15.3. The Bertz CT molecular complexity index is 1120. The maximum absolute atomic E-state index is 13.9. The van der Waals surface area contributed by atoms with Crippen molar-refractivity contribution < 1.29 is 14.2 Å². The number of hydrogen-bond acceptors (Lipinski definition) is 6. The maximum Gasteiger partial charge on any atom is 0.166 e. The minimum absolute atomic E-state index is 0.0928. The van der Waals surface area contributed by atoms with Gasteiger partial charge in [0.15, 0.2) is 11.6 Å². The first kappa shape index (κ1) is 22.8. The molecule has 4 N–H and O–H groups in total. The second kappa shape index (κ2) is 9.23. The number of nitrogens with one attached hydrogen (secondary N) is 1. The second-order valence-electron chi connectivity index (χ2n) is 8.03. The maximum atomic E-state index is 13.9. The Morgan fingerprint density at radius 2 is 2.03 bits per heavy atom.